The van der Waals surface area contributed by atoms with Crippen LogP contribution in [0, 0.1) is 34.5 Å². The molecular weight excluding hydrogens is 326 g/mol. The van der Waals surface area contributed by atoms with Crippen molar-refractivity contribution < 1.29 is 0 Å². The molecule has 0 atom stereocenters. The average Bonchev–Trinajstić information content (AvgIpc) is 2.72. The van der Waals surface area contributed by atoms with Crippen molar-refractivity contribution in [3.8, 4) is 6.07 Å². The Kier molecular flexibility index (Phi) is 10.8. The van der Waals surface area contributed by atoms with Crippen LogP contribution >= 0.6 is 0 Å². The minimum atomic E-state index is 0.0475. The van der Waals surface area contributed by atoms with E-state index in [1.54, 1.807) is 0 Å². The van der Waals surface area contributed by atoms with Gasteiger partial charge < -0.3 is 0 Å². The van der Waals surface area contributed by atoms with Crippen molar-refractivity contribution in [2.75, 3.05) is 0 Å². The molecule has 0 aromatic carbocycles. The van der Waals surface area contributed by atoms with Gasteiger partial charge in [0.15, 0.2) is 0 Å². The first-order valence-electron chi connectivity index (χ1n) is 12.6. The molecule has 1 nitrogen and oxygen atoms in total. The van der Waals surface area contributed by atoms with Crippen molar-refractivity contribution in [2.45, 2.75) is 136 Å². The Hall–Kier alpha value is -0.510. The molecule has 27 heavy (non-hydrogen) atoms. The van der Waals surface area contributed by atoms with Gasteiger partial charge in [0.25, 0.3) is 0 Å². The highest BCUT2D eigenvalue weighted by Gasteiger charge is 2.43. The van der Waals surface area contributed by atoms with E-state index in [1.165, 1.54) is 122 Å². The lowest BCUT2D eigenvalue weighted by molar-refractivity contribution is 0.0842. The predicted octanol–water partition coefficient (Wildman–Crippen LogP) is 8.82. The topological polar surface area (TPSA) is 23.8 Å². The number of rotatable bonds is 12. The van der Waals surface area contributed by atoms with Gasteiger partial charge in [-0.15, -0.1) is 0 Å². The Bertz CT molecular complexity index is 404. The van der Waals surface area contributed by atoms with E-state index in [1.807, 2.05) is 0 Å². The summed E-state index contributed by atoms with van der Waals surface area (Å²) in [6.07, 6.45) is 26.1. The van der Waals surface area contributed by atoms with E-state index in [9.17, 15) is 5.26 Å². The van der Waals surface area contributed by atoms with Crippen molar-refractivity contribution in [3.05, 3.63) is 0 Å². The van der Waals surface area contributed by atoms with E-state index in [2.05, 4.69) is 19.9 Å². The van der Waals surface area contributed by atoms with E-state index in [0.717, 1.165) is 11.8 Å². The molecule has 0 amide bonds. The minimum Gasteiger partial charge on any atom is -0.198 e. The smallest absolute Gasteiger partial charge is 0.0692 e. The molecule has 0 aliphatic heterocycles. The van der Waals surface area contributed by atoms with E-state index >= 15 is 0 Å². The summed E-state index contributed by atoms with van der Waals surface area (Å²) in [5, 5.41) is 10.1. The lowest BCUT2D eigenvalue weighted by atomic mass is 9.59. The van der Waals surface area contributed by atoms with Crippen molar-refractivity contribution in [2.24, 2.45) is 23.2 Å². The number of nitrogens with zero attached hydrogens (tertiary/aromatic N) is 1. The third-order valence-electron chi connectivity index (χ3n) is 8.03. The van der Waals surface area contributed by atoms with Crippen LogP contribution in [0.25, 0.3) is 0 Å². The van der Waals surface area contributed by atoms with Crippen molar-refractivity contribution in [1.82, 2.24) is 0 Å². The Morgan fingerprint density at radius 1 is 0.667 bits per heavy atom. The number of hydrogen-bond acceptors (Lipinski definition) is 1. The Labute approximate surface area is 170 Å². The zero-order valence-electron chi connectivity index (χ0n) is 18.6. The number of hydrogen-bond donors (Lipinski definition) is 0. The fourth-order valence-corrected chi connectivity index (χ4v) is 5.99. The standard InChI is InChI=1S/C26H47N/c1-3-5-7-9-11-13-24-18-20-26(22-27,21-19-24)25-16-14-23(15-17-25)12-10-8-6-4-2/h23-25H,3-21H2,1-2H3/t23?,24-,25?,26-. The van der Waals surface area contributed by atoms with E-state index in [4.69, 9.17) is 0 Å². The maximum absolute atomic E-state index is 10.1. The third kappa shape index (κ3) is 7.44. The summed E-state index contributed by atoms with van der Waals surface area (Å²) in [7, 11) is 0. The normalized spacial score (nSPS) is 31.5. The van der Waals surface area contributed by atoms with Crippen molar-refractivity contribution >= 4 is 0 Å². The van der Waals surface area contributed by atoms with E-state index < -0.39 is 0 Å². The average molecular weight is 374 g/mol. The molecule has 2 aliphatic rings. The molecule has 0 aromatic heterocycles. The van der Waals surface area contributed by atoms with Gasteiger partial charge in [-0.05, 0) is 56.3 Å². The van der Waals surface area contributed by atoms with Crippen LogP contribution in [0.5, 0.6) is 0 Å². The summed E-state index contributed by atoms with van der Waals surface area (Å²) in [6, 6.07) is 2.87. The van der Waals surface area contributed by atoms with E-state index in [0.29, 0.717) is 5.92 Å². The van der Waals surface area contributed by atoms with Crippen LogP contribution in [0.2, 0.25) is 0 Å². The Morgan fingerprint density at radius 3 is 1.67 bits per heavy atom. The fourth-order valence-electron chi connectivity index (χ4n) is 5.99. The molecule has 0 radical (unpaired) electrons. The summed E-state index contributed by atoms with van der Waals surface area (Å²) >= 11 is 0. The van der Waals surface area contributed by atoms with Crippen LogP contribution in [-0.2, 0) is 0 Å². The van der Waals surface area contributed by atoms with Crippen LogP contribution in [0.4, 0.5) is 0 Å². The summed E-state index contributed by atoms with van der Waals surface area (Å²) < 4.78 is 0. The Morgan fingerprint density at radius 2 is 1.15 bits per heavy atom. The first kappa shape index (κ1) is 22.8. The fraction of sp³-hybridized carbons (Fsp3) is 0.962. The summed E-state index contributed by atoms with van der Waals surface area (Å²) in [5.41, 5.74) is 0.0475. The van der Waals surface area contributed by atoms with Gasteiger partial charge in [0.1, 0.15) is 0 Å². The second kappa shape index (κ2) is 12.9. The van der Waals surface area contributed by atoms with E-state index in [-0.39, 0.29) is 5.41 Å². The number of unbranched alkanes of at least 4 members (excludes halogenated alkanes) is 7. The molecule has 0 saturated heterocycles. The highest BCUT2D eigenvalue weighted by atomic mass is 14.5. The second-order valence-corrected chi connectivity index (χ2v) is 9.98. The minimum absolute atomic E-state index is 0.0475. The SMILES string of the molecule is CCCCCCC[C@H]1CC[C@](C#N)(C2CCC(CCCCCC)CC2)CC1. The van der Waals surface area contributed by atoms with Gasteiger partial charge in [-0.25, -0.2) is 0 Å². The first-order chi connectivity index (χ1) is 13.2. The van der Waals surface area contributed by atoms with Gasteiger partial charge in [-0.1, -0.05) is 97.3 Å². The van der Waals surface area contributed by atoms with Crippen LogP contribution in [-0.4, -0.2) is 0 Å². The largest absolute Gasteiger partial charge is 0.198 e. The zero-order chi connectivity index (χ0) is 19.4. The molecule has 0 N–H and O–H groups in total. The Balaban J connectivity index is 1.67. The van der Waals surface area contributed by atoms with Crippen LogP contribution in [0.15, 0.2) is 0 Å². The molecule has 0 spiro atoms. The first-order valence-corrected chi connectivity index (χ1v) is 12.6. The molecule has 0 heterocycles. The van der Waals surface area contributed by atoms with Crippen LogP contribution < -0.4 is 0 Å². The summed E-state index contributed by atoms with van der Waals surface area (Å²) in [6.45, 7) is 4.59. The maximum Gasteiger partial charge on any atom is 0.0692 e. The predicted molar refractivity (Wildman–Crippen MR) is 118 cm³/mol. The molecular formula is C26H47N. The third-order valence-corrected chi connectivity index (χ3v) is 8.03. The van der Waals surface area contributed by atoms with Gasteiger partial charge in [0.05, 0.1) is 11.5 Å². The maximum atomic E-state index is 10.1. The van der Waals surface area contributed by atoms with Gasteiger partial charge in [-0.3, -0.25) is 0 Å². The number of nitriles is 1. The lowest BCUT2D eigenvalue weighted by Crippen LogP contribution is -2.36. The highest BCUT2D eigenvalue weighted by molar-refractivity contribution is 5.06. The van der Waals surface area contributed by atoms with Gasteiger partial charge >= 0.3 is 0 Å². The molecule has 2 rings (SSSR count). The monoisotopic (exact) mass is 373 g/mol. The van der Waals surface area contributed by atoms with Crippen LogP contribution in [0.3, 0.4) is 0 Å². The van der Waals surface area contributed by atoms with Gasteiger partial charge in [-0.2, -0.15) is 5.26 Å². The summed E-state index contributed by atoms with van der Waals surface area (Å²) in [5.74, 6) is 2.59. The van der Waals surface area contributed by atoms with Gasteiger partial charge in [0.2, 0.25) is 0 Å². The van der Waals surface area contributed by atoms with Crippen molar-refractivity contribution in [3.63, 3.8) is 0 Å². The highest BCUT2D eigenvalue weighted by Crippen LogP contribution is 2.51. The molecule has 156 valence electrons. The molecule has 0 bridgehead atoms. The molecule has 1 heteroatoms. The second-order valence-electron chi connectivity index (χ2n) is 9.98. The zero-order valence-corrected chi connectivity index (χ0v) is 18.6. The lowest BCUT2D eigenvalue weighted by Gasteiger charge is -2.43. The quantitative estimate of drug-likeness (QED) is 0.313. The van der Waals surface area contributed by atoms with Crippen molar-refractivity contribution in [1.29, 1.82) is 5.26 Å². The van der Waals surface area contributed by atoms with Gasteiger partial charge in [0, 0.05) is 0 Å². The molecule has 2 fully saturated rings. The molecule has 0 unspecified atom stereocenters. The molecule has 2 saturated carbocycles. The molecule has 0 aromatic rings. The summed E-state index contributed by atoms with van der Waals surface area (Å²) in [4.78, 5) is 0. The van der Waals surface area contributed by atoms with Crippen LogP contribution in [0.1, 0.15) is 136 Å². The molecule has 2 aliphatic carbocycles.